The normalized spacial score (nSPS) is 10.7. The Balaban J connectivity index is 2.37. The molecule has 0 amide bonds. The van der Waals surface area contributed by atoms with Gasteiger partial charge in [-0.3, -0.25) is 4.79 Å². The van der Waals surface area contributed by atoms with E-state index in [2.05, 4.69) is 25.6 Å². The van der Waals surface area contributed by atoms with Crippen LogP contribution in [0.2, 0.25) is 0 Å². The van der Waals surface area contributed by atoms with Gasteiger partial charge < -0.3 is 9.64 Å². The van der Waals surface area contributed by atoms with Crippen molar-refractivity contribution in [2.75, 3.05) is 20.7 Å². The average Bonchev–Trinajstić information content (AvgIpc) is 2.33. The van der Waals surface area contributed by atoms with Gasteiger partial charge in [-0.1, -0.05) is 6.07 Å². The van der Waals surface area contributed by atoms with Crippen molar-refractivity contribution >= 4 is 21.9 Å². The number of hydrogen-bond donors (Lipinski definition) is 0. The third-order valence-electron chi connectivity index (χ3n) is 2.58. The zero-order valence-corrected chi connectivity index (χ0v) is 12.2. The molecule has 0 radical (unpaired) electrons. The van der Waals surface area contributed by atoms with Crippen LogP contribution in [-0.4, -0.2) is 31.6 Å². The number of rotatable bonds is 6. The molecule has 0 aliphatic rings. The van der Waals surface area contributed by atoms with Gasteiger partial charge in [0.05, 0.1) is 11.6 Å². The molecule has 1 rings (SSSR count). The molecule has 18 heavy (non-hydrogen) atoms. The monoisotopic (exact) mass is 317 g/mol. The zero-order chi connectivity index (χ0) is 13.5. The number of nitrogens with zero attached hydrogens (tertiary/aromatic N) is 1. The second-order valence-electron chi connectivity index (χ2n) is 4.17. The van der Waals surface area contributed by atoms with E-state index in [1.807, 2.05) is 7.05 Å². The summed E-state index contributed by atoms with van der Waals surface area (Å²) in [6.45, 7) is 1.52. The van der Waals surface area contributed by atoms with Gasteiger partial charge in [0.1, 0.15) is 5.82 Å². The average molecular weight is 318 g/mol. The lowest BCUT2D eigenvalue weighted by molar-refractivity contribution is -0.140. The second kappa shape index (κ2) is 7.48. The summed E-state index contributed by atoms with van der Waals surface area (Å²) in [6.07, 6.45) is 1.18. The number of esters is 1. The van der Waals surface area contributed by atoms with E-state index in [1.165, 1.54) is 13.2 Å². The summed E-state index contributed by atoms with van der Waals surface area (Å²) in [4.78, 5) is 13.0. The van der Waals surface area contributed by atoms with Crippen LogP contribution in [0.3, 0.4) is 0 Å². The van der Waals surface area contributed by atoms with Crippen molar-refractivity contribution in [1.82, 2.24) is 4.90 Å². The molecule has 0 fully saturated rings. The predicted molar refractivity (Wildman–Crippen MR) is 71.7 cm³/mol. The van der Waals surface area contributed by atoms with E-state index in [0.29, 0.717) is 10.9 Å². The highest BCUT2D eigenvalue weighted by Gasteiger charge is 2.05. The third-order valence-corrected chi connectivity index (χ3v) is 3.19. The molecular weight excluding hydrogens is 301 g/mol. The third kappa shape index (κ3) is 5.14. The van der Waals surface area contributed by atoms with E-state index in [4.69, 9.17) is 0 Å². The SMILES string of the molecule is COC(=O)CCCN(C)Cc1ccc(F)c(Br)c1. The molecule has 0 saturated heterocycles. The molecule has 1 aromatic rings. The molecule has 0 aliphatic carbocycles. The van der Waals surface area contributed by atoms with Gasteiger partial charge in [0.15, 0.2) is 0 Å². The molecule has 100 valence electrons. The van der Waals surface area contributed by atoms with Gasteiger partial charge in [-0.15, -0.1) is 0 Å². The molecule has 0 N–H and O–H groups in total. The lowest BCUT2D eigenvalue weighted by Gasteiger charge is -2.16. The Morgan fingerprint density at radius 1 is 1.50 bits per heavy atom. The largest absolute Gasteiger partial charge is 0.469 e. The first-order valence-electron chi connectivity index (χ1n) is 5.72. The highest BCUT2D eigenvalue weighted by molar-refractivity contribution is 9.10. The van der Waals surface area contributed by atoms with Gasteiger partial charge in [-0.2, -0.15) is 0 Å². The summed E-state index contributed by atoms with van der Waals surface area (Å²) in [5.74, 6) is -0.444. The molecule has 0 aromatic heterocycles. The van der Waals surface area contributed by atoms with Gasteiger partial charge in [0.2, 0.25) is 0 Å². The molecular formula is C13H17BrFNO2. The molecule has 0 aliphatic heterocycles. The standard InChI is InChI=1S/C13H17BrFNO2/c1-16(7-3-4-13(17)18-2)9-10-5-6-12(15)11(14)8-10/h5-6,8H,3-4,7,9H2,1-2H3. The van der Waals surface area contributed by atoms with Crippen molar-refractivity contribution in [2.24, 2.45) is 0 Å². The number of methoxy groups -OCH3 is 1. The van der Waals surface area contributed by atoms with Crippen LogP contribution in [0.15, 0.2) is 22.7 Å². The zero-order valence-electron chi connectivity index (χ0n) is 10.6. The Labute approximate surface area is 115 Å². The van der Waals surface area contributed by atoms with E-state index in [1.54, 1.807) is 12.1 Å². The summed E-state index contributed by atoms with van der Waals surface area (Å²) in [6, 6.07) is 4.98. The fourth-order valence-corrected chi connectivity index (χ4v) is 2.05. The summed E-state index contributed by atoms with van der Waals surface area (Å²) < 4.78 is 18.1. The first-order valence-corrected chi connectivity index (χ1v) is 6.51. The van der Waals surface area contributed by atoms with Crippen molar-refractivity contribution in [3.8, 4) is 0 Å². The van der Waals surface area contributed by atoms with Crippen LogP contribution in [0.4, 0.5) is 4.39 Å². The van der Waals surface area contributed by atoms with Crippen LogP contribution in [0.25, 0.3) is 0 Å². The second-order valence-corrected chi connectivity index (χ2v) is 5.02. The van der Waals surface area contributed by atoms with Crippen LogP contribution in [0.5, 0.6) is 0 Å². The molecule has 3 nitrogen and oxygen atoms in total. The molecule has 0 bridgehead atoms. The van der Waals surface area contributed by atoms with Crippen LogP contribution >= 0.6 is 15.9 Å². The van der Waals surface area contributed by atoms with Crippen molar-refractivity contribution < 1.29 is 13.9 Å². The van der Waals surface area contributed by atoms with E-state index in [0.717, 1.165) is 25.1 Å². The summed E-state index contributed by atoms with van der Waals surface area (Å²) >= 11 is 3.16. The number of benzene rings is 1. The van der Waals surface area contributed by atoms with Crippen molar-refractivity contribution in [3.05, 3.63) is 34.1 Å². The molecule has 1 aromatic carbocycles. The number of halogens is 2. The van der Waals surface area contributed by atoms with Gasteiger partial charge in [-0.05, 0) is 53.6 Å². The minimum absolute atomic E-state index is 0.187. The smallest absolute Gasteiger partial charge is 0.305 e. The maximum Gasteiger partial charge on any atom is 0.305 e. The van der Waals surface area contributed by atoms with Crippen molar-refractivity contribution in [3.63, 3.8) is 0 Å². The Morgan fingerprint density at radius 3 is 2.83 bits per heavy atom. The Kier molecular flexibility index (Phi) is 6.29. The number of carbonyl (C=O) groups is 1. The lowest BCUT2D eigenvalue weighted by atomic mass is 10.2. The van der Waals surface area contributed by atoms with Gasteiger partial charge >= 0.3 is 5.97 Å². The Hall–Kier alpha value is -0.940. The summed E-state index contributed by atoms with van der Waals surface area (Å²) in [5.41, 5.74) is 1.03. The Morgan fingerprint density at radius 2 is 2.22 bits per heavy atom. The fraction of sp³-hybridized carbons (Fsp3) is 0.462. The molecule has 0 atom stereocenters. The van der Waals surface area contributed by atoms with Crippen LogP contribution in [0, 0.1) is 5.82 Å². The minimum atomic E-state index is -0.257. The van der Waals surface area contributed by atoms with Gasteiger partial charge in [0, 0.05) is 13.0 Å². The fourth-order valence-electron chi connectivity index (χ4n) is 1.62. The Bertz CT molecular complexity index is 412. The van der Waals surface area contributed by atoms with Crippen LogP contribution in [-0.2, 0) is 16.1 Å². The molecule has 0 heterocycles. The molecule has 5 heteroatoms. The van der Waals surface area contributed by atoms with Gasteiger partial charge in [0.25, 0.3) is 0 Å². The maximum atomic E-state index is 13.1. The van der Waals surface area contributed by atoms with Crippen LogP contribution in [0.1, 0.15) is 18.4 Å². The van der Waals surface area contributed by atoms with E-state index in [-0.39, 0.29) is 11.8 Å². The topological polar surface area (TPSA) is 29.5 Å². The molecule has 0 spiro atoms. The van der Waals surface area contributed by atoms with Crippen molar-refractivity contribution in [1.29, 1.82) is 0 Å². The summed E-state index contributed by atoms with van der Waals surface area (Å²) in [5, 5.41) is 0. The highest BCUT2D eigenvalue weighted by atomic mass is 79.9. The number of carbonyl (C=O) groups excluding carboxylic acids is 1. The van der Waals surface area contributed by atoms with E-state index >= 15 is 0 Å². The first-order chi connectivity index (χ1) is 8.52. The number of ether oxygens (including phenoxy) is 1. The molecule has 0 unspecified atom stereocenters. The highest BCUT2D eigenvalue weighted by Crippen LogP contribution is 2.17. The van der Waals surface area contributed by atoms with E-state index < -0.39 is 0 Å². The number of hydrogen-bond acceptors (Lipinski definition) is 3. The first kappa shape index (κ1) is 15.1. The van der Waals surface area contributed by atoms with Gasteiger partial charge in [-0.25, -0.2) is 4.39 Å². The minimum Gasteiger partial charge on any atom is -0.469 e. The lowest BCUT2D eigenvalue weighted by Crippen LogP contribution is -2.20. The predicted octanol–water partition coefficient (Wildman–Crippen LogP) is 2.97. The van der Waals surface area contributed by atoms with E-state index in [9.17, 15) is 9.18 Å². The molecule has 0 saturated carbocycles. The maximum absolute atomic E-state index is 13.1. The van der Waals surface area contributed by atoms with Crippen molar-refractivity contribution in [2.45, 2.75) is 19.4 Å². The quantitative estimate of drug-likeness (QED) is 0.755. The summed E-state index contributed by atoms with van der Waals surface area (Å²) in [7, 11) is 3.36. The van der Waals surface area contributed by atoms with Crippen LogP contribution < -0.4 is 0 Å².